The van der Waals surface area contributed by atoms with Gasteiger partial charge >= 0.3 is 6.18 Å². The summed E-state index contributed by atoms with van der Waals surface area (Å²) in [5, 5.41) is 35.8. The van der Waals surface area contributed by atoms with Crippen LogP contribution in [0.15, 0.2) is 41.4 Å². The molecule has 1 aromatic carbocycles. The lowest BCUT2D eigenvalue weighted by atomic mass is 10.1. The SMILES string of the molecule is N#Cc1ccc(O)cc1F.O=S(c1ccc(C(F)(F)F)nc1)N1CCC(O)(CO)C1. The molecule has 0 amide bonds. The lowest BCUT2D eigenvalue weighted by molar-refractivity contribution is -0.141. The highest BCUT2D eigenvalue weighted by Gasteiger charge is 2.38. The van der Waals surface area contributed by atoms with Crippen LogP contribution in [0.4, 0.5) is 17.6 Å². The molecule has 2 unspecified atom stereocenters. The maximum absolute atomic E-state index is 12.5. The van der Waals surface area contributed by atoms with Gasteiger partial charge in [-0.1, -0.05) is 0 Å². The Morgan fingerprint density at radius 2 is 2.00 bits per heavy atom. The molecule has 1 aromatic heterocycles. The molecule has 1 aliphatic heterocycles. The van der Waals surface area contributed by atoms with Crippen molar-refractivity contribution >= 4 is 11.0 Å². The molecule has 2 atom stereocenters. The fraction of sp³-hybridized carbons (Fsp3) is 0.333. The standard InChI is InChI=1S/C11H13F3N2O3S.C7H4FNO/c12-11(13,14)9-2-1-8(5-15-9)20(19)16-4-3-10(18,6-16)7-17;8-7-3-6(10)2-1-5(7)4-9/h1-2,5,17-18H,3-4,6-7H2;1-3,10H. The number of aliphatic hydroxyl groups is 2. The predicted octanol–water partition coefficient (Wildman–Crippen LogP) is 1.96. The van der Waals surface area contributed by atoms with Crippen LogP contribution in [0.2, 0.25) is 0 Å². The average Bonchev–Trinajstić information content (AvgIpc) is 3.10. The molecule has 1 fully saturated rings. The van der Waals surface area contributed by atoms with Crippen LogP contribution >= 0.6 is 0 Å². The summed E-state index contributed by atoms with van der Waals surface area (Å²) in [4.78, 5) is 3.37. The number of rotatable bonds is 3. The Bertz CT molecular complexity index is 950. The molecule has 0 bridgehead atoms. The molecule has 2 heterocycles. The first-order valence-corrected chi connectivity index (χ1v) is 9.52. The van der Waals surface area contributed by atoms with Gasteiger partial charge in [0.05, 0.1) is 17.1 Å². The molecule has 0 aliphatic carbocycles. The minimum Gasteiger partial charge on any atom is -0.508 e. The molecular formula is C18H17F4N3O4S. The fourth-order valence-corrected chi connectivity index (χ4v) is 3.72. The molecular weight excluding hydrogens is 430 g/mol. The van der Waals surface area contributed by atoms with Crippen molar-refractivity contribution in [3.05, 3.63) is 53.6 Å². The lowest BCUT2D eigenvalue weighted by Gasteiger charge is -2.20. The zero-order valence-electron chi connectivity index (χ0n) is 15.3. The number of alkyl halides is 3. The molecule has 3 N–H and O–H groups in total. The predicted molar refractivity (Wildman–Crippen MR) is 96.7 cm³/mol. The number of aliphatic hydroxyl groups excluding tert-OH is 1. The molecule has 0 saturated carbocycles. The van der Waals surface area contributed by atoms with E-state index in [1.165, 1.54) is 16.4 Å². The number of nitriles is 1. The summed E-state index contributed by atoms with van der Waals surface area (Å²) in [6, 6.07) is 6.89. The second kappa shape index (κ2) is 9.48. The number of nitrogens with zero attached hydrogens (tertiary/aromatic N) is 3. The van der Waals surface area contributed by atoms with Gasteiger partial charge in [0.1, 0.15) is 39.9 Å². The number of aromatic hydroxyl groups is 1. The Morgan fingerprint density at radius 1 is 1.30 bits per heavy atom. The highest BCUT2D eigenvalue weighted by molar-refractivity contribution is 7.82. The fourth-order valence-electron chi connectivity index (χ4n) is 2.48. The maximum Gasteiger partial charge on any atom is 0.433 e. The molecule has 0 spiro atoms. The van der Waals surface area contributed by atoms with Crippen molar-refractivity contribution in [2.75, 3.05) is 19.7 Å². The first-order valence-electron chi connectivity index (χ1n) is 8.41. The summed E-state index contributed by atoms with van der Waals surface area (Å²) in [5.41, 5.74) is -2.42. The van der Waals surface area contributed by atoms with Gasteiger partial charge < -0.3 is 15.3 Å². The summed E-state index contributed by atoms with van der Waals surface area (Å²) in [6.45, 7) is -0.173. The highest BCUT2D eigenvalue weighted by atomic mass is 32.2. The summed E-state index contributed by atoms with van der Waals surface area (Å²) in [7, 11) is -1.71. The quantitative estimate of drug-likeness (QED) is 0.620. The number of hydrogen-bond acceptors (Lipinski definition) is 6. The first-order chi connectivity index (χ1) is 14.0. The lowest BCUT2D eigenvalue weighted by Crippen LogP contribution is -2.37. The number of pyridine rings is 1. The van der Waals surface area contributed by atoms with E-state index in [1.807, 2.05) is 0 Å². The number of aromatic nitrogens is 1. The van der Waals surface area contributed by atoms with E-state index >= 15 is 0 Å². The van der Waals surface area contributed by atoms with Crippen molar-refractivity contribution in [3.8, 4) is 11.8 Å². The van der Waals surface area contributed by atoms with Crippen molar-refractivity contribution in [1.29, 1.82) is 5.26 Å². The summed E-state index contributed by atoms with van der Waals surface area (Å²) < 4.78 is 63.1. The van der Waals surface area contributed by atoms with E-state index in [4.69, 9.17) is 15.5 Å². The van der Waals surface area contributed by atoms with Gasteiger partial charge in [0.2, 0.25) is 0 Å². The van der Waals surface area contributed by atoms with Gasteiger partial charge in [-0.15, -0.1) is 0 Å². The second-order valence-electron chi connectivity index (χ2n) is 6.40. The number of β-amino-alcohol motifs (C(OH)–C–C–N with tert-alkyl or cyclic N) is 1. The zero-order valence-corrected chi connectivity index (χ0v) is 16.1. The van der Waals surface area contributed by atoms with Gasteiger partial charge in [0.15, 0.2) is 0 Å². The number of phenolic OH excluding ortho intramolecular Hbond substituents is 1. The number of hydrogen-bond donors (Lipinski definition) is 3. The Balaban J connectivity index is 0.000000269. The third kappa shape index (κ3) is 5.96. The molecule has 1 aliphatic rings. The van der Waals surface area contributed by atoms with Crippen LogP contribution in [0.25, 0.3) is 0 Å². The molecule has 30 heavy (non-hydrogen) atoms. The zero-order chi connectivity index (χ0) is 22.5. The number of benzene rings is 1. The Hall–Kier alpha value is -2.59. The molecule has 12 heteroatoms. The second-order valence-corrected chi connectivity index (χ2v) is 7.88. The Kier molecular flexibility index (Phi) is 7.49. The molecule has 3 rings (SSSR count). The smallest absolute Gasteiger partial charge is 0.433 e. The number of phenols is 1. The van der Waals surface area contributed by atoms with E-state index in [2.05, 4.69) is 4.98 Å². The van der Waals surface area contributed by atoms with Crippen LogP contribution in [0.3, 0.4) is 0 Å². The van der Waals surface area contributed by atoms with Crippen LogP contribution in [0.1, 0.15) is 17.7 Å². The molecule has 7 nitrogen and oxygen atoms in total. The van der Waals surface area contributed by atoms with Gasteiger partial charge in [0, 0.05) is 25.4 Å². The van der Waals surface area contributed by atoms with Crippen LogP contribution < -0.4 is 0 Å². The summed E-state index contributed by atoms with van der Waals surface area (Å²) in [5.74, 6) is -0.862. The third-order valence-electron chi connectivity index (χ3n) is 4.13. The topological polar surface area (TPSA) is 118 Å². The summed E-state index contributed by atoms with van der Waals surface area (Å²) in [6.07, 6.45) is -3.37. The Morgan fingerprint density at radius 3 is 2.47 bits per heavy atom. The van der Waals surface area contributed by atoms with Crippen molar-refractivity contribution in [2.45, 2.75) is 23.1 Å². The molecule has 0 radical (unpaired) electrons. The highest BCUT2D eigenvalue weighted by Crippen LogP contribution is 2.29. The van der Waals surface area contributed by atoms with Crippen molar-refractivity contribution < 1.29 is 37.1 Å². The summed E-state index contributed by atoms with van der Waals surface area (Å²) >= 11 is 0. The normalized spacial score (nSPS) is 20.2. The maximum atomic E-state index is 12.5. The minimum atomic E-state index is -4.54. The minimum absolute atomic E-state index is 0.00284. The number of halogens is 4. The van der Waals surface area contributed by atoms with Gasteiger partial charge in [-0.25, -0.2) is 12.9 Å². The van der Waals surface area contributed by atoms with E-state index < -0.39 is 40.9 Å². The van der Waals surface area contributed by atoms with Gasteiger partial charge in [-0.05, 0) is 30.7 Å². The van der Waals surface area contributed by atoms with Crippen molar-refractivity contribution in [1.82, 2.24) is 9.29 Å². The van der Waals surface area contributed by atoms with Crippen LogP contribution in [-0.4, -0.2) is 54.1 Å². The van der Waals surface area contributed by atoms with Gasteiger partial charge in [0.25, 0.3) is 0 Å². The van der Waals surface area contributed by atoms with Crippen molar-refractivity contribution in [2.24, 2.45) is 0 Å². The first kappa shape index (κ1) is 23.7. The average molecular weight is 447 g/mol. The van der Waals surface area contributed by atoms with E-state index in [9.17, 15) is 26.9 Å². The molecule has 162 valence electrons. The van der Waals surface area contributed by atoms with Crippen LogP contribution in [0.5, 0.6) is 5.75 Å². The Labute approximate surface area is 171 Å². The van der Waals surface area contributed by atoms with Crippen LogP contribution in [-0.2, 0) is 17.2 Å². The van der Waals surface area contributed by atoms with Crippen LogP contribution in [0, 0.1) is 17.1 Å². The van der Waals surface area contributed by atoms with Crippen molar-refractivity contribution in [3.63, 3.8) is 0 Å². The van der Waals surface area contributed by atoms with E-state index in [1.54, 1.807) is 6.07 Å². The van der Waals surface area contributed by atoms with E-state index in [0.29, 0.717) is 0 Å². The molecule has 2 aromatic rings. The molecule has 1 saturated heterocycles. The van der Waals surface area contributed by atoms with Gasteiger partial charge in [-0.2, -0.15) is 18.4 Å². The van der Waals surface area contributed by atoms with Gasteiger partial charge in [-0.3, -0.25) is 4.98 Å². The van der Waals surface area contributed by atoms with E-state index in [-0.39, 0.29) is 35.7 Å². The monoisotopic (exact) mass is 447 g/mol. The third-order valence-corrected chi connectivity index (χ3v) is 5.55. The largest absolute Gasteiger partial charge is 0.508 e. The van der Waals surface area contributed by atoms with E-state index in [0.717, 1.165) is 24.4 Å².